The highest BCUT2D eigenvalue weighted by Crippen LogP contribution is 2.37. The molecule has 4 rings (SSSR count). The van der Waals surface area contributed by atoms with Gasteiger partial charge in [0.25, 0.3) is 0 Å². The van der Waals surface area contributed by atoms with E-state index in [2.05, 4.69) is 10.3 Å². The van der Waals surface area contributed by atoms with Crippen LogP contribution >= 0.6 is 35.0 Å². The van der Waals surface area contributed by atoms with Crippen LogP contribution in [0.4, 0.5) is 11.5 Å². The molecule has 2 aliphatic heterocycles. The Balaban J connectivity index is 1.35. The van der Waals surface area contributed by atoms with Gasteiger partial charge in [0, 0.05) is 43.7 Å². The third-order valence-corrected chi connectivity index (χ3v) is 6.55. The number of para-hydroxylation sites is 1. The van der Waals surface area contributed by atoms with Crippen LogP contribution in [0.25, 0.3) is 0 Å². The standard InChI is InChI=1S/C19H18Cl2N4O2S/c20-12-9-13(21)18(22-11-12)25-7-5-24(6-8-25)17(26)10-16-19(27)23-14-3-1-2-4-15(14)28-16/h1-4,9,11,16H,5-8,10H2,(H,23,27). The molecule has 2 aromatic rings. The molecule has 0 spiro atoms. The SMILES string of the molecule is O=C1Nc2ccccc2SC1CC(=O)N1CCN(c2ncc(Cl)cc2Cl)CC1. The Labute approximate surface area is 177 Å². The van der Waals surface area contributed by atoms with Crippen molar-refractivity contribution >= 4 is 58.3 Å². The van der Waals surface area contributed by atoms with E-state index in [1.54, 1.807) is 17.2 Å². The molecule has 0 saturated carbocycles. The quantitative estimate of drug-likeness (QED) is 0.796. The van der Waals surface area contributed by atoms with E-state index in [0.717, 1.165) is 10.6 Å². The predicted molar refractivity (Wildman–Crippen MR) is 112 cm³/mol. The molecule has 1 aromatic carbocycles. The summed E-state index contributed by atoms with van der Waals surface area (Å²) in [5.74, 6) is 0.548. The second-order valence-electron chi connectivity index (χ2n) is 6.62. The molecular formula is C19H18Cl2N4O2S. The molecule has 2 aliphatic rings. The summed E-state index contributed by atoms with van der Waals surface area (Å²) < 4.78 is 0. The van der Waals surface area contributed by atoms with Gasteiger partial charge in [-0.2, -0.15) is 0 Å². The summed E-state index contributed by atoms with van der Waals surface area (Å²) in [6.07, 6.45) is 1.75. The van der Waals surface area contributed by atoms with Crippen molar-refractivity contribution in [2.24, 2.45) is 0 Å². The van der Waals surface area contributed by atoms with Crippen LogP contribution in [-0.4, -0.2) is 53.1 Å². The summed E-state index contributed by atoms with van der Waals surface area (Å²) >= 11 is 13.6. The summed E-state index contributed by atoms with van der Waals surface area (Å²) in [4.78, 5) is 34.2. The number of rotatable bonds is 3. The number of carbonyl (C=O) groups excluding carboxylic acids is 2. The third kappa shape index (κ3) is 4.06. The number of nitrogens with zero attached hydrogens (tertiary/aromatic N) is 3. The average Bonchev–Trinajstić information content (AvgIpc) is 2.69. The highest BCUT2D eigenvalue weighted by atomic mass is 35.5. The normalized spacial score (nSPS) is 19.2. The number of thioether (sulfide) groups is 1. The Morgan fingerprint density at radius 1 is 1.21 bits per heavy atom. The molecule has 2 amide bonds. The minimum Gasteiger partial charge on any atom is -0.352 e. The van der Waals surface area contributed by atoms with Gasteiger partial charge < -0.3 is 15.1 Å². The molecule has 9 heteroatoms. The number of amides is 2. The van der Waals surface area contributed by atoms with Crippen molar-refractivity contribution < 1.29 is 9.59 Å². The van der Waals surface area contributed by atoms with Crippen molar-refractivity contribution in [1.29, 1.82) is 0 Å². The Morgan fingerprint density at radius 3 is 2.71 bits per heavy atom. The van der Waals surface area contributed by atoms with E-state index in [9.17, 15) is 9.59 Å². The Hall–Kier alpha value is -1.96. The number of nitrogens with one attached hydrogen (secondary N) is 1. The topological polar surface area (TPSA) is 65.5 Å². The number of fused-ring (bicyclic) bond motifs is 1. The van der Waals surface area contributed by atoms with Gasteiger partial charge in [-0.1, -0.05) is 35.3 Å². The van der Waals surface area contributed by atoms with Crippen LogP contribution in [0.3, 0.4) is 0 Å². The van der Waals surface area contributed by atoms with E-state index < -0.39 is 5.25 Å². The maximum atomic E-state index is 12.7. The van der Waals surface area contributed by atoms with Gasteiger partial charge in [0.15, 0.2) is 0 Å². The fourth-order valence-corrected chi connectivity index (χ4v) is 4.92. The van der Waals surface area contributed by atoms with E-state index in [0.29, 0.717) is 42.0 Å². The van der Waals surface area contributed by atoms with Crippen LogP contribution in [0.15, 0.2) is 41.4 Å². The largest absolute Gasteiger partial charge is 0.352 e. The van der Waals surface area contributed by atoms with Crippen LogP contribution in [0.1, 0.15) is 6.42 Å². The van der Waals surface area contributed by atoms with E-state index in [1.807, 2.05) is 29.2 Å². The van der Waals surface area contributed by atoms with Crippen LogP contribution in [0.2, 0.25) is 10.0 Å². The summed E-state index contributed by atoms with van der Waals surface area (Å²) in [5, 5.41) is 3.47. The number of piperazine rings is 1. The molecule has 1 unspecified atom stereocenters. The number of hydrogen-bond donors (Lipinski definition) is 1. The number of pyridine rings is 1. The predicted octanol–water partition coefficient (Wildman–Crippen LogP) is 3.54. The van der Waals surface area contributed by atoms with E-state index in [4.69, 9.17) is 23.2 Å². The Morgan fingerprint density at radius 2 is 1.96 bits per heavy atom. The van der Waals surface area contributed by atoms with E-state index >= 15 is 0 Å². The van der Waals surface area contributed by atoms with Crippen molar-refractivity contribution in [2.75, 3.05) is 36.4 Å². The van der Waals surface area contributed by atoms with Crippen molar-refractivity contribution in [3.63, 3.8) is 0 Å². The van der Waals surface area contributed by atoms with E-state index in [1.165, 1.54) is 11.8 Å². The van der Waals surface area contributed by atoms with Crippen LogP contribution in [-0.2, 0) is 9.59 Å². The van der Waals surface area contributed by atoms with Gasteiger partial charge in [0.05, 0.1) is 21.0 Å². The van der Waals surface area contributed by atoms with Crippen molar-refractivity contribution in [3.8, 4) is 0 Å². The lowest BCUT2D eigenvalue weighted by atomic mass is 10.2. The zero-order valence-corrected chi connectivity index (χ0v) is 17.2. The summed E-state index contributed by atoms with van der Waals surface area (Å²) in [7, 11) is 0. The molecule has 146 valence electrons. The number of halogens is 2. The first kappa shape index (κ1) is 19.4. The number of benzene rings is 1. The summed E-state index contributed by atoms with van der Waals surface area (Å²) in [6, 6.07) is 9.30. The van der Waals surface area contributed by atoms with Crippen LogP contribution in [0, 0.1) is 0 Å². The molecule has 28 heavy (non-hydrogen) atoms. The molecule has 1 N–H and O–H groups in total. The van der Waals surface area contributed by atoms with Gasteiger partial charge in [-0.25, -0.2) is 4.98 Å². The maximum Gasteiger partial charge on any atom is 0.238 e. The number of hydrogen-bond acceptors (Lipinski definition) is 5. The fraction of sp³-hybridized carbons (Fsp3) is 0.316. The molecule has 0 radical (unpaired) electrons. The Bertz CT molecular complexity index is 919. The van der Waals surface area contributed by atoms with Gasteiger partial charge in [0.1, 0.15) is 5.82 Å². The molecule has 1 fully saturated rings. The zero-order chi connectivity index (χ0) is 19.7. The van der Waals surface area contributed by atoms with Gasteiger partial charge in [-0.15, -0.1) is 11.8 Å². The summed E-state index contributed by atoms with van der Waals surface area (Å²) in [5.41, 5.74) is 0.808. The highest BCUT2D eigenvalue weighted by Gasteiger charge is 2.31. The first-order valence-corrected chi connectivity index (χ1v) is 10.5. The van der Waals surface area contributed by atoms with Gasteiger partial charge in [-0.3, -0.25) is 9.59 Å². The van der Waals surface area contributed by atoms with Crippen molar-refractivity contribution in [3.05, 3.63) is 46.6 Å². The third-order valence-electron chi connectivity index (χ3n) is 4.79. The molecule has 0 bridgehead atoms. The van der Waals surface area contributed by atoms with Crippen molar-refractivity contribution in [2.45, 2.75) is 16.6 Å². The number of anilines is 2. The Kier molecular flexibility index (Phi) is 5.66. The smallest absolute Gasteiger partial charge is 0.238 e. The van der Waals surface area contributed by atoms with E-state index in [-0.39, 0.29) is 18.2 Å². The highest BCUT2D eigenvalue weighted by molar-refractivity contribution is 8.01. The molecule has 3 heterocycles. The second kappa shape index (κ2) is 8.19. The molecule has 1 atom stereocenters. The van der Waals surface area contributed by atoms with Gasteiger partial charge in [-0.05, 0) is 18.2 Å². The average molecular weight is 437 g/mol. The van der Waals surface area contributed by atoms with Gasteiger partial charge in [0.2, 0.25) is 11.8 Å². The molecule has 0 aliphatic carbocycles. The first-order chi connectivity index (χ1) is 13.5. The summed E-state index contributed by atoms with van der Waals surface area (Å²) in [6.45, 7) is 2.39. The second-order valence-corrected chi connectivity index (χ2v) is 8.71. The van der Waals surface area contributed by atoms with Crippen LogP contribution < -0.4 is 10.2 Å². The molecule has 1 aromatic heterocycles. The van der Waals surface area contributed by atoms with Gasteiger partial charge >= 0.3 is 0 Å². The van der Waals surface area contributed by atoms with Crippen LogP contribution in [0.5, 0.6) is 0 Å². The fourth-order valence-electron chi connectivity index (χ4n) is 3.32. The first-order valence-electron chi connectivity index (χ1n) is 8.91. The monoisotopic (exact) mass is 436 g/mol. The zero-order valence-electron chi connectivity index (χ0n) is 14.9. The van der Waals surface area contributed by atoms with Crippen molar-refractivity contribution in [1.82, 2.24) is 9.88 Å². The number of carbonyl (C=O) groups is 2. The minimum absolute atomic E-state index is 0.0122. The number of aromatic nitrogens is 1. The molecule has 6 nitrogen and oxygen atoms in total. The lowest BCUT2D eigenvalue weighted by Gasteiger charge is -2.36. The molecule has 1 saturated heterocycles. The lowest BCUT2D eigenvalue weighted by molar-refractivity contribution is -0.132. The maximum absolute atomic E-state index is 12.7. The lowest BCUT2D eigenvalue weighted by Crippen LogP contribution is -2.50. The molecular weight excluding hydrogens is 419 g/mol. The minimum atomic E-state index is -0.409.